The van der Waals surface area contributed by atoms with E-state index >= 15 is 0 Å². The summed E-state index contributed by atoms with van der Waals surface area (Å²) in [5, 5.41) is 31.5. The zero-order valence-corrected chi connectivity index (χ0v) is 10.4. The second-order valence-corrected chi connectivity index (χ2v) is 4.65. The number of nitrogens with zero attached hydrogens (tertiary/aromatic N) is 3. The number of aromatic nitrogens is 1. The van der Waals surface area contributed by atoms with E-state index in [9.17, 15) is 14.9 Å². The molecule has 1 aromatic rings. The molecule has 2 atom stereocenters. The molecule has 0 spiro atoms. The van der Waals surface area contributed by atoms with Crippen LogP contribution in [0.15, 0.2) is 12.3 Å². The lowest BCUT2D eigenvalue weighted by Crippen LogP contribution is -2.19. The number of anilines is 1. The third-order valence-electron chi connectivity index (χ3n) is 3.33. The summed E-state index contributed by atoms with van der Waals surface area (Å²) in [6.45, 7) is 0. The second kappa shape index (κ2) is 5.52. The minimum atomic E-state index is -0.827. The lowest BCUT2D eigenvalue weighted by Gasteiger charge is -2.13. The Morgan fingerprint density at radius 1 is 1.60 bits per heavy atom. The number of carboxylic acid groups (broad SMARTS) is 1. The van der Waals surface area contributed by atoms with Crippen LogP contribution >= 0.6 is 0 Å². The highest BCUT2D eigenvalue weighted by Crippen LogP contribution is 2.29. The monoisotopic (exact) mass is 276 g/mol. The van der Waals surface area contributed by atoms with Crippen molar-refractivity contribution in [3.63, 3.8) is 0 Å². The summed E-state index contributed by atoms with van der Waals surface area (Å²) in [6, 6.07) is 2.92. The molecule has 0 amide bonds. The molecule has 2 rings (SSSR count). The Morgan fingerprint density at radius 3 is 2.90 bits per heavy atom. The highest BCUT2D eigenvalue weighted by molar-refractivity contribution is 5.70. The third kappa shape index (κ3) is 2.83. The van der Waals surface area contributed by atoms with Crippen LogP contribution in [0.4, 0.5) is 11.5 Å². The molecule has 1 aromatic heterocycles. The fraction of sp³-hybridized carbons (Fsp3) is 0.417. The van der Waals surface area contributed by atoms with Gasteiger partial charge in [-0.3, -0.25) is 14.9 Å². The first-order valence-electron chi connectivity index (χ1n) is 6.05. The van der Waals surface area contributed by atoms with Crippen molar-refractivity contribution >= 4 is 17.5 Å². The van der Waals surface area contributed by atoms with Crippen molar-refractivity contribution in [3.05, 3.63) is 27.9 Å². The lowest BCUT2D eigenvalue weighted by molar-refractivity contribution is -0.385. The van der Waals surface area contributed by atoms with Crippen molar-refractivity contribution < 1.29 is 14.8 Å². The number of carbonyl (C=O) groups is 1. The normalized spacial score (nSPS) is 21.1. The van der Waals surface area contributed by atoms with Gasteiger partial charge in [-0.15, -0.1) is 0 Å². The molecule has 0 radical (unpaired) electrons. The molecule has 1 fully saturated rings. The first kappa shape index (κ1) is 13.7. The van der Waals surface area contributed by atoms with Crippen LogP contribution in [0.2, 0.25) is 0 Å². The van der Waals surface area contributed by atoms with E-state index in [1.54, 1.807) is 0 Å². The summed E-state index contributed by atoms with van der Waals surface area (Å²) >= 11 is 0. The van der Waals surface area contributed by atoms with Gasteiger partial charge in [-0.25, -0.2) is 4.98 Å². The Morgan fingerprint density at radius 2 is 2.35 bits per heavy atom. The molecule has 1 heterocycles. The molecule has 20 heavy (non-hydrogen) atoms. The van der Waals surface area contributed by atoms with E-state index in [1.807, 2.05) is 6.07 Å². The molecule has 8 heteroatoms. The number of carboxylic acids is 1. The zero-order valence-electron chi connectivity index (χ0n) is 10.4. The topological polar surface area (TPSA) is 129 Å². The van der Waals surface area contributed by atoms with E-state index < -0.39 is 16.8 Å². The lowest BCUT2D eigenvalue weighted by atomic mass is 10.1. The van der Waals surface area contributed by atoms with E-state index in [0.29, 0.717) is 19.3 Å². The summed E-state index contributed by atoms with van der Waals surface area (Å²) in [6.07, 6.45) is 2.77. The van der Waals surface area contributed by atoms with E-state index in [2.05, 4.69) is 10.3 Å². The third-order valence-corrected chi connectivity index (χ3v) is 3.33. The smallest absolute Gasteiger partial charge is 0.306 e. The number of pyridine rings is 1. The minimum Gasteiger partial charge on any atom is -0.481 e. The Hall–Kier alpha value is -2.69. The number of hydrogen-bond donors (Lipinski definition) is 2. The Bertz CT molecular complexity index is 596. The van der Waals surface area contributed by atoms with Gasteiger partial charge in [0.1, 0.15) is 23.6 Å². The molecule has 2 N–H and O–H groups in total. The van der Waals surface area contributed by atoms with Gasteiger partial charge in [-0.1, -0.05) is 0 Å². The maximum Gasteiger partial charge on any atom is 0.306 e. The fourth-order valence-electron chi connectivity index (χ4n) is 2.28. The van der Waals surface area contributed by atoms with Crippen LogP contribution < -0.4 is 5.32 Å². The molecule has 0 unspecified atom stereocenters. The fourth-order valence-corrected chi connectivity index (χ4v) is 2.28. The van der Waals surface area contributed by atoms with E-state index in [0.717, 1.165) is 12.3 Å². The zero-order chi connectivity index (χ0) is 14.7. The van der Waals surface area contributed by atoms with Crippen molar-refractivity contribution in [2.24, 2.45) is 5.92 Å². The van der Waals surface area contributed by atoms with Crippen LogP contribution in [0.1, 0.15) is 24.8 Å². The first-order valence-corrected chi connectivity index (χ1v) is 6.05. The van der Waals surface area contributed by atoms with E-state index in [4.69, 9.17) is 10.4 Å². The number of aliphatic carboxylic acids is 1. The summed E-state index contributed by atoms with van der Waals surface area (Å²) < 4.78 is 0. The largest absolute Gasteiger partial charge is 0.481 e. The highest BCUT2D eigenvalue weighted by Gasteiger charge is 2.30. The predicted molar refractivity (Wildman–Crippen MR) is 68.0 cm³/mol. The predicted octanol–water partition coefficient (Wildman–Crippen LogP) is 1.53. The van der Waals surface area contributed by atoms with Gasteiger partial charge in [0.25, 0.3) is 5.69 Å². The number of nitriles is 1. The molecule has 1 aliphatic carbocycles. The summed E-state index contributed by atoms with van der Waals surface area (Å²) in [7, 11) is 0. The van der Waals surface area contributed by atoms with Crippen molar-refractivity contribution in [2.75, 3.05) is 5.32 Å². The van der Waals surface area contributed by atoms with Gasteiger partial charge in [0, 0.05) is 12.1 Å². The molecule has 8 nitrogen and oxygen atoms in total. The maximum absolute atomic E-state index is 10.9. The number of nitro groups is 1. The van der Waals surface area contributed by atoms with Gasteiger partial charge in [-0.05, 0) is 19.3 Å². The van der Waals surface area contributed by atoms with Crippen LogP contribution in [0.5, 0.6) is 0 Å². The van der Waals surface area contributed by atoms with Gasteiger partial charge in [-0.2, -0.15) is 5.26 Å². The van der Waals surface area contributed by atoms with Crippen molar-refractivity contribution in [3.8, 4) is 6.07 Å². The van der Waals surface area contributed by atoms with Crippen molar-refractivity contribution in [1.82, 2.24) is 4.98 Å². The molecule has 0 aliphatic heterocycles. The second-order valence-electron chi connectivity index (χ2n) is 4.65. The van der Waals surface area contributed by atoms with Crippen molar-refractivity contribution in [1.29, 1.82) is 5.26 Å². The molecular formula is C12H12N4O4. The SMILES string of the molecule is N#Cc1cc([N+](=O)[O-])cnc1N[C@H]1CC[C@@H](C(=O)O)C1. The van der Waals surface area contributed by atoms with E-state index in [-0.39, 0.29) is 23.1 Å². The summed E-state index contributed by atoms with van der Waals surface area (Å²) in [5.41, 5.74) is -0.167. The molecule has 104 valence electrons. The Balaban J connectivity index is 2.13. The maximum atomic E-state index is 10.9. The van der Waals surface area contributed by atoms with E-state index in [1.165, 1.54) is 0 Å². The number of rotatable bonds is 4. The van der Waals surface area contributed by atoms with Gasteiger partial charge in [0.2, 0.25) is 0 Å². The molecule has 1 saturated carbocycles. The van der Waals surface area contributed by atoms with Gasteiger partial charge >= 0.3 is 5.97 Å². The summed E-state index contributed by atoms with van der Waals surface area (Å²) in [4.78, 5) is 24.7. The first-order chi connectivity index (χ1) is 9.51. The van der Waals surface area contributed by atoms with Crippen molar-refractivity contribution in [2.45, 2.75) is 25.3 Å². The van der Waals surface area contributed by atoms with Crippen LogP contribution in [0.25, 0.3) is 0 Å². The minimum absolute atomic E-state index is 0.0815. The molecular weight excluding hydrogens is 264 g/mol. The summed E-state index contributed by atoms with van der Waals surface area (Å²) in [5.74, 6) is -0.961. The highest BCUT2D eigenvalue weighted by atomic mass is 16.6. The number of nitrogens with one attached hydrogen (secondary N) is 1. The Kier molecular flexibility index (Phi) is 3.79. The van der Waals surface area contributed by atoms with Crippen LogP contribution in [0, 0.1) is 27.4 Å². The quantitative estimate of drug-likeness (QED) is 0.629. The van der Waals surface area contributed by atoms with Crippen LogP contribution in [0.3, 0.4) is 0 Å². The molecule has 0 bridgehead atoms. The average molecular weight is 276 g/mol. The van der Waals surface area contributed by atoms with Gasteiger partial charge < -0.3 is 10.4 Å². The van der Waals surface area contributed by atoms with Crippen LogP contribution in [-0.2, 0) is 4.79 Å². The standard InChI is InChI=1S/C12H12N4O4/c13-5-8-4-10(16(19)20)6-14-11(8)15-9-2-1-7(3-9)12(17)18/h4,6-7,9H,1-3H2,(H,14,15)(H,17,18)/t7-,9+/m1/s1. The molecule has 0 aromatic carbocycles. The number of hydrogen-bond acceptors (Lipinski definition) is 6. The molecule has 0 saturated heterocycles. The van der Waals surface area contributed by atoms with Gasteiger partial charge in [0.15, 0.2) is 0 Å². The average Bonchev–Trinajstić information content (AvgIpc) is 2.87. The molecule has 1 aliphatic rings. The Labute approximate surface area is 114 Å². The van der Waals surface area contributed by atoms with Crippen LogP contribution in [-0.4, -0.2) is 27.0 Å². The van der Waals surface area contributed by atoms with Gasteiger partial charge in [0.05, 0.1) is 10.8 Å².